The van der Waals surface area contributed by atoms with E-state index in [-0.39, 0.29) is 12.4 Å². The fraction of sp³-hybridized carbons (Fsp3) is 0.500. The van der Waals surface area contributed by atoms with Crippen LogP contribution in [0.3, 0.4) is 0 Å². The molecule has 5 nitrogen and oxygen atoms in total. The molecule has 1 aromatic rings. The van der Waals surface area contributed by atoms with E-state index in [1.165, 1.54) is 13.5 Å². The van der Waals surface area contributed by atoms with Crippen LogP contribution in [0.1, 0.15) is 23.2 Å². The summed E-state index contributed by atoms with van der Waals surface area (Å²) in [5, 5.41) is 0. The van der Waals surface area contributed by atoms with Gasteiger partial charge in [-0.25, -0.2) is 9.78 Å². The van der Waals surface area contributed by atoms with Crippen molar-refractivity contribution in [1.82, 2.24) is 4.98 Å². The second-order valence-corrected chi connectivity index (χ2v) is 2.28. The molecule has 72 valence electrons. The lowest BCUT2D eigenvalue weighted by atomic mass is 10.3. The second kappa shape index (κ2) is 4.61. The van der Waals surface area contributed by atoms with Crippen molar-refractivity contribution in [1.29, 1.82) is 0 Å². The summed E-state index contributed by atoms with van der Waals surface area (Å²) in [5.74, 6) is -0.393. The number of aromatic nitrogens is 1. The van der Waals surface area contributed by atoms with Crippen LogP contribution in [0.5, 0.6) is 0 Å². The first-order chi connectivity index (χ1) is 6.29. The van der Waals surface area contributed by atoms with E-state index in [0.29, 0.717) is 12.3 Å². The van der Waals surface area contributed by atoms with Gasteiger partial charge in [-0.1, -0.05) is 0 Å². The van der Waals surface area contributed by atoms with Crippen molar-refractivity contribution in [2.75, 3.05) is 13.7 Å². The average Bonchev–Trinajstić information content (AvgIpc) is 2.54. The molecule has 0 aliphatic carbocycles. The average molecular weight is 185 g/mol. The normalized spacial score (nSPS) is 10.0. The third-order valence-corrected chi connectivity index (χ3v) is 1.38. The molecule has 0 atom stereocenters. The maximum Gasteiger partial charge on any atom is 0.376 e. The van der Waals surface area contributed by atoms with Crippen molar-refractivity contribution in [3.63, 3.8) is 0 Å². The molecule has 0 aliphatic heterocycles. The van der Waals surface area contributed by atoms with Crippen LogP contribution < -0.4 is 0 Å². The Hall–Kier alpha value is -1.36. The monoisotopic (exact) mass is 185 g/mol. The molecule has 0 spiro atoms. The number of hydrogen-bond acceptors (Lipinski definition) is 5. The van der Waals surface area contributed by atoms with Crippen LogP contribution in [-0.2, 0) is 16.1 Å². The Labute approximate surface area is 75.7 Å². The molecule has 0 amide bonds. The molecule has 0 N–H and O–H groups in total. The molecule has 0 aliphatic rings. The van der Waals surface area contributed by atoms with Crippen molar-refractivity contribution in [3.8, 4) is 0 Å². The Morgan fingerprint density at radius 1 is 1.69 bits per heavy atom. The van der Waals surface area contributed by atoms with Gasteiger partial charge in [-0.05, 0) is 6.92 Å². The summed E-state index contributed by atoms with van der Waals surface area (Å²) < 4.78 is 14.4. The van der Waals surface area contributed by atoms with Crippen LogP contribution in [0.15, 0.2) is 10.8 Å². The zero-order valence-corrected chi connectivity index (χ0v) is 7.57. The Bertz CT molecular complexity index is 281. The summed E-state index contributed by atoms with van der Waals surface area (Å²) in [7, 11) is 1.52. The van der Waals surface area contributed by atoms with Gasteiger partial charge in [-0.2, -0.15) is 0 Å². The van der Waals surface area contributed by atoms with Crippen LogP contribution in [0.4, 0.5) is 0 Å². The van der Waals surface area contributed by atoms with Crippen LogP contribution in [0.2, 0.25) is 0 Å². The van der Waals surface area contributed by atoms with Gasteiger partial charge in [0.15, 0.2) is 6.39 Å². The molecule has 5 heteroatoms. The summed E-state index contributed by atoms with van der Waals surface area (Å²) in [4.78, 5) is 15.0. The molecule has 0 unspecified atom stereocenters. The van der Waals surface area contributed by atoms with Crippen molar-refractivity contribution < 1.29 is 18.7 Å². The number of rotatable bonds is 4. The van der Waals surface area contributed by atoms with Gasteiger partial charge in [0.25, 0.3) is 0 Å². The van der Waals surface area contributed by atoms with E-state index in [0.717, 1.165) is 0 Å². The maximum atomic E-state index is 11.2. The van der Waals surface area contributed by atoms with Gasteiger partial charge in [-0.15, -0.1) is 0 Å². The minimum Gasteiger partial charge on any atom is -0.460 e. The molecule has 0 fully saturated rings. The third kappa shape index (κ3) is 2.29. The SMILES string of the molecule is CCOC(=O)c1ocnc1COC. The Balaban J connectivity index is 2.74. The van der Waals surface area contributed by atoms with Crippen LogP contribution in [-0.4, -0.2) is 24.7 Å². The molecule has 0 saturated heterocycles. The standard InChI is InChI=1S/C8H11NO4/c1-3-12-8(10)7-6(4-11-2)9-5-13-7/h5H,3-4H2,1-2H3. The minimum atomic E-state index is -0.507. The van der Waals surface area contributed by atoms with Crippen LogP contribution in [0, 0.1) is 0 Å². The third-order valence-electron chi connectivity index (χ3n) is 1.38. The summed E-state index contributed by atoms with van der Waals surface area (Å²) in [6.45, 7) is 2.28. The van der Waals surface area contributed by atoms with Crippen molar-refractivity contribution in [2.24, 2.45) is 0 Å². The first kappa shape index (κ1) is 9.73. The lowest BCUT2D eigenvalue weighted by Crippen LogP contribution is -2.07. The molecule has 0 bridgehead atoms. The van der Waals surface area contributed by atoms with E-state index in [2.05, 4.69) is 4.98 Å². The topological polar surface area (TPSA) is 61.6 Å². The Kier molecular flexibility index (Phi) is 3.45. The van der Waals surface area contributed by atoms with Crippen molar-refractivity contribution >= 4 is 5.97 Å². The van der Waals surface area contributed by atoms with Gasteiger partial charge >= 0.3 is 5.97 Å². The van der Waals surface area contributed by atoms with E-state index in [1.807, 2.05) is 0 Å². The fourth-order valence-corrected chi connectivity index (χ4v) is 0.871. The summed E-state index contributed by atoms with van der Waals surface area (Å²) in [6.07, 6.45) is 1.20. The van der Waals surface area contributed by atoms with Crippen LogP contribution >= 0.6 is 0 Å². The molecular weight excluding hydrogens is 174 g/mol. The molecule has 1 rings (SSSR count). The lowest BCUT2D eigenvalue weighted by Gasteiger charge is -1.99. The summed E-state index contributed by atoms with van der Waals surface area (Å²) in [5.41, 5.74) is 0.459. The number of carbonyl (C=O) groups excluding carboxylic acids is 1. The van der Waals surface area contributed by atoms with Gasteiger partial charge in [0.05, 0.1) is 13.2 Å². The zero-order chi connectivity index (χ0) is 9.68. The molecule has 0 saturated carbocycles. The van der Waals surface area contributed by atoms with E-state index in [9.17, 15) is 4.79 Å². The van der Waals surface area contributed by atoms with E-state index >= 15 is 0 Å². The lowest BCUT2D eigenvalue weighted by molar-refractivity contribution is 0.0483. The highest BCUT2D eigenvalue weighted by atomic mass is 16.5. The summed E-state index contributed by atoms with van der Waals surface area (Å²) >= 11 is 0. The predicted molar refractivity (Wildman–Crippen MR) is 43.2 cm³/mol. The second-order valence-electron chi connectivity index (χ2n) is 2.28. The highest BCUT2D eigenvalue weighted by Gasteiger charge is 2.17. The molecule has 0 radical (unpaired) electrons. The number of hydrogen-bond donors (Lipinski definition) is 0. The van der Waals surface area contributed by atoms with Gasteiger partial charge in [0, 0.05) is 7.11 Å². The molecule has 1 aromatic heterocycles. The predicted octanol–water partition coefficient (Wildman–Crippen LogP) is 0.998. The quantitative estimate of drug-likeness (QED) is 0.655. The highest BCUT2D eigenvalue weighted by Crippen LogP contribution is 2.09. The largest absolute Gasteiger partial charge is 0.460 e. The van der Waals surface area contributed by atoms with Gasteiger partial charge in [-0.3, -0.25) is 0 Å². The first-order valence-electron chi connectivity index (χ1n) is 3.88. The maximum absolute atomic E-state index is 11.2. The number of carbonyl (C=O) groups is 1. The van der Waals surface area contributed by atoms with Crippen molar-refractivity contribution in [2.45, 2.75) is 13.5 Å². The number of ether oxygens (including phenoxy) is 2. The van der Waals surface area contributed by atoms with Gasteiger partial charge < -0.3 is 13.9 Å². The Morgan fingerprint density at radius 2 is 2.46 bits per heavy atom. The molecule has 1 heterocycles. The molecule has 13 heavy (non-hydrogen) atoms. The van der Waals surface area contributed by atoms with E-state index in [4.69, 9.17) is 13.9 Å². The molecule has 0 aromatic carbocycles. The number of methoxy groups -OCH3 is 1. The minimum absolute atomic E-state index is 0.115. The van der Waals surface area contributed by atoms with Crippen molar-refractivity contribution in [3.05, 3.63) is 17.8 Å². The van der Waals surface area contributed by atoms with Gasteiger partial charge in [0.2, 0.25) is 5.76 Å². The number of oxazole rings is 1. The van der Waals surface area contributed by atoms with E-state index < -0.39 is 5.97 Å². The number of esters is 1. The summed E-state index contributed by atoms with van der Waals surface area (Å²) in [6, 6.07) is 0. The molecular formula is C8H11NO4. The number of nitrogens with zero attached hydrogens (tertiary/aromatic N) is 1. The van der Waals surface area contributed by atoms with E-state index in [1.54, 1.807) is 6.92 Å². The highest BCUT2D eigenvalue weighted by molar-refractivity contribution is 5.87. The fourth-order valence-electron chi connectivity index (χ4n) is 0.871. The zero-order valence-electron chi connectivity index (χ0n) is 7.57. The smallest absolute Gasteiger partial charge is 0.376 e. The Morgan fingerprint density at radius 3 is 3.08 bits per heavy atom. The van der Waals surface area contributed by atoms with Crippen LogP contribution in [0.25, 0.3) is 0 Å². The first-order valence-corrected chi connectivity index (χ1v) is 3.88. The van der Waals surface area contributed by atoms with Gasteiger partial charge in [0.1, 0.15) is 5.69 Å².